The van der Waals surface area contributed by atoms with Crippen LogP contribution in [-0.2, 0) is 0 Å². The van der Waals surface area contributed by atoms with Gasteiger partial charge in [0.25, 0.3) is 0 Å². The Kier molecular flexibility index (Phi) is 5.72. The highest BCUT2D eigenvalue weighted by Gasteiger charge is 2.26. The van der Waals surface area contributed by atoms with Crippen molar-refractivity contribution in [2.75, 3.05) is 13.1 Å². The lowest BCUT2D eigenvalue weighted by Gasteiger charge is -2.32. The van der Waals surface area contributed by atoms with Gasteiger partial charge in [0.1, 0.15) is 0 Å². The van der Waals surface area contributed by atoms with Crippen LogP contribution in [-0.4, -0.2) is 13.1 Å². The van der Waals surface area contributed by atoms with Crippen LogP contribution in [0.1, 0.15) is 51.0 Å². The minimum atomic E-state index is 0.687. The first-order valence-corrected chi connectivity index (χ1v) is 8.01. The van der Waals surface area contributed by atoms with E-state index >= 15 is 0 Å². The molecule has 1 saturated carbocycles. The predicted octanol–water partition coefficient (Wildman–Crippen LogP) is 4.86. The molecule has 2 rings (SSSR count). The van der Waals surface area contributed by atoms with Crippen LogP contribution in [0.5, 0.6) is 0 Å². The van der Waals surface area contributed by atoms with E-state index in [1.54, 1.807) is 0 Å². The van der Waals surface area contributed by atoms with Crippen LogP contribution in [0.4, 0.5) is 0 Å². The van der Waals surface area contributed by atoms with Crippen LogP contribution < -0.4 is 5.32 Å². The SMILES string of the molecule is CC(C)CNCC1CCCCC1c1cccc(Cl)c1. The summed E-state index contributed by atoms with van der Waals surface area (Å²) >= 11 is 6.14. The summed E-state index contributed by atoms with van der Waals surface area (Å²) in [6, 6.07) is 8.47. The van der Waals surface area contributed by atoms with Gasteiger partial charge in [0.15, 0.2) is 0 Å². The summed E-state index contributed by atoms with van der Waals surface area (Å²) in [5.74, 6) is 2.19. The van der Waals surface area contributed by atoms with Crippen LogP contribution in [0.3, 0.4) is 0 Å². The van der Waals surface area contributed by atoms with Gasteiger partial charge in [-0.2, -0.15) is 0 Å². The van der Waals surface area contributed by atoms with Crippen molar-refractivity contribution in [2.24, 2.45) is 11.8 Å². The average molecular weight is 280 g/mol. The third kappa shape index (κ3) is 4.50. The summed E-state index contributed by atoms with van der Waals surface area (Å²) in [5.41, 5.74) is 1.43. The second-order valence-electron chi connectivity index (χ2n) is 6.26. The second-order valence-corrected chi connectivity index (χ2v) is 6.69. The molecule has 1 aromatic carbocycles. The topological polar surface area (TPSA) is 12.0 Å². The molecule has 0 aliphatic heterocycles. The Hall–Kier alpha value is -0.530. The number of hydrogen-bond donors (Lipinski definition) is 1. The minimum Gasteiger partial charge on any atom is -0.316 e. The molecule has 0 spiro atoms. The van der Waals surface area contributed by atoms with Gasteiger partial charge in [-0.25, -0.2) is 0 Å². The molecule has 19 heavy (non-hydrogen) atoms. The Bertz CT molecular complexity index is 389. The number of benzene rings is 1. The van der Waals surface area contributed by atoms with Crippen molar-refractivity contribution in [3.05, 3.63) is 34.9 Å². The van der Waals surface area contributed by atoms with Gasteiger partial charge in [-0.15, -0.1) is 0 Å². The van der Waals surface area contributed by atoms with Crippen molar-refractivity contribution < 1.29 is 0 Å². The van der Waals surface area contributed by atoms with Crippen molar-refractivity contribution in [1.29, 1.82) is 0 Å². The number of hydrogen-bond acceptors (Lipinski definition) is 1. The molecule has 2 atom stereocenters. The molecule has 2 unspecified atom stereocenters. The van der Waals surface area contributed by atoms with E-state index in [0.29, 0.717) is 5.92 Å². The molecule has 0 saturated heterocycles. The maximum Gasteiger partial charge on any atom is 0.0408 e. The van der Waals surface area contributed by atoms with Crippen LogP contribution in [0.25, 0.3) is 0 Å². The van der Waals surface area contributed by atoms with Crippen molar-refractivity contribution in [2.45, 2.75) is 45.4 Å². The van der Waals surface area contributed by atoms with Crippen molar-refractivity contribution in [3.63, 3.8) is 0 Å². The van der Waals surface area contributed by atoms with Gasteiger partial charge < -0.3 is 5.32 Å². The second kappa shape index (κ2) is 7.31. The Balaban J connectivity index is 1.99. The zero-order valence-electron chi connectivity index (χ0n) is 12.2. The first kappa shape index (κ1) is 14.9. The van der Waals surface area contributed by atoms with E-state index in [1.807, 2.05) is 6.07 Å². The predicted molar refractivity (Wildman–Crippen MR) is 83.9 cm³/mol. The van der Waals surface area contributed by atoms with E-state index in [2.05, 4.69) is 37.4 Å². The van der Waals surface area contributed by atoms with Gasteiger partial charge in [-0.3, -0.25) is 0 Å². The summed E-state index contributed by atoms with van der Waals surface area (Å²) < 4.78 is 0. The number of nitrogens with one attached hydrogen (secondary N) is 1. The normalized spacial score (nSPS) is 23.8. The van der Waals surface area contributed by atoms with E-state index in [1.165, 1.54) is 31.2 Å². The zero-order valence-corrected chi connectivity index (χ0v) is 12.9. The molecule has 1 fully saturated rings. The summed E-state index contributed by atoms with van der Waals surface area (Å²) in [6.45, 7) is 6.80. The molecule has 1 aromatic rings. The fraction of sp³-hybridized carbons (Fsp3) is 0.647. The highest BCUT2D eigenvalue weighted by molar-refractivity contribution is 6.30. The first-order chi connectivity index (χ1) is 9.16. The largest absolute Gasteiger partial charge is 0.316 e. The monoisotopic (exact) mass is 279 g/mol. The summed E-state index contributed by atoms with van der Waals surface area (Å²) in [4.78, 5) is 0. The van der Waals surface area contributed by atoms with E-state index in [4.69, 9.17) is 11.6 Å². The fourth-order valence-corrected chi connectivity index (χ4v) is 3.38. The maximum atomic E-state index is 6.14. The molecule has 1 nitrogen and oxygen atoms in total. The fourth-order valence-electron chi connectivity index (χ4n) is 3.19. The quantitative estimate of drug-likeness (QED) is 0.812. The highest BCUT2D eigenvalue weighted by atomic mass is 35.5. The zero-order chi connectivity index (χ0) is 13.7. The van der Waals surface area contributed by atoms with Crippen molar-refractivity contribution in [3.8, 4) is 0 Å². The molecule has 106 valence electrons. The summed E-state index contributed by atoms with van der Waals surface area (Å²) in [5, 5.41) is 4.51. The van der Waals surface area contributed by atoms with E-state index in [9.17, 15) is 0 Å². The molecular weight excluding hydrogens is 254 g/mol. The molecule has 0 heterocycles. The lowest BCUT2D eigenvalue weighted by Crippen LogP contribution is -2.31. The minimum absolute atomic E-state index is 0.687. The lowest BCUT2D eigenvalue weighted by molar-refractivity contribution is 0.292. The van der Waals surface area contributed by atoms with Gasteiger partial charge in [0, 0.05) is 5.02 Å². The molecule has 1 aliphatic carbocycles. The lowest BCUT2D eigenvalue weighted by atomic mass is 9.75. The van der Waals surface area contributed by atoms with Crippen molar-refractivity contribution in [1.82, 2.24) is 5.32 Å². The van der Waals surface area contributed by atoms with Gasteiger partial charge in [0.2, 0.25) is 0 Å². The third-order valence-corrected chi connectivity index (χ3v) is 4.38. The van der Waals surface area contributed by atoms with E-state index in [-0.39, 0.29) is 0 Å². The number of rotatable bonds is 5. The average Bonchev–Trinajstić information content (AvgIpc) is 2.39. The van der Waals surface area contributed by atoms with Gasteiger partial charge >= 0.3 is 0 Å². The van der Waals surface area contributed by atoms with Crippen molar-refractivity contribution >= 4 is 11.6 Å². The summed E-state index contributed by atoms with van der Waals surface area (Å²) in [6.07, 6.45) is 5.40. The molecule has 1 N–H and O–H groups in total. The van der Waals surface area contributed by atoms with Crippen LogP contribution in [0.15, 0.2) is 24.3 Å². The molecule has 1 aliphatic rings. The molecule has 0 radical (unpaired) electrons. The third-order valence-electron chi connectivity index (χ3n) is 4.15. The molecule has 2 heteroatoms. The highest BCUT2D eigenvalue weighted by Crippen LogP contribution is 2.38. The van der Waals surface area contributed by atoms with E-state index in [0.717, 1.165) is 29.9 Å². The van der Waals surface area contributed by atoms with Crippen LogP contribution in [0.2, 0.25) is 5.02 Å². The van der Waals surface area contributed by atoms with Gasteiger partial charge in [-0.05, 0) is 61.4 Å². The Morgan fingerprint density at radius 3 is 2.79 bits per heavy atom. The first-order valence-electron chi connectivity index (χ1n) is 7.63. The Labute approximate surface area is 122 Å². The Morgan fingerprint density at radius 1 is 1.26 bits per heavy atom. The smallest absolute Gasteiger partial charge is 0.0408 e. The van der Waals surface area contributed by atoms with E-state index < -0.39 is 0 Å². The molecular formula is C17H26ClN. The molecule has 0 bridgehead atoms. The molecule has 0 amide bonds. The summed E-state index contributed by atoms with van der Waals surface area (Å²) in [7, 11) is 0. The Morgan fingerprint density at radius 2 is 2.05 bits per heavy atom. The van der Waals surface area contributed by atoms with Crippen LogP contribution in [0, 0.1) is 11.8 Å². The number of halogens is 1. The molecule has 0 aromatic heterocycles. The standard InChI is InChI=1S/C17H26ClN/c1-13(2)11-19-12-15-6-3-4-9-17(15)14-7-5-8-16(18)10-14/h5,7-8,10,13,15,17,19H,3-4,6,9,11-12H2,1-2H3. The van der Waals surface area contributed by atoms with Gasteiger partial charge in [-0.1, -0.05) is 50.4 Å². The van der Waals surface area contributed by atoms with Gasteiger partial charge in [0.05, 0.1) is 0 Å². The van der Waals surface area contributed by atoms with Crippen LogP contribution >= 0.6 is 11.6 Å². The maximum absolute atomic E-state index is 6.14.